The zero-order chi connectivity index (χ0) is 10.8. The highest BCUT2D eigenvalue weighted by Gasteiger charge is 2.26. The van der Waals surface area contributed by atoms with Crippen LogP contribution in [0.25, 0.3) is 0 Å². The van der Waals surface area contributed by atoms with E-state index in [0.29, 0.717) is 17.3 Å². The van der Waals surface area contributed by atoms with Gasteiger partial charge in [0.1, 0.15) is 17.5 Å². The lowest BCUT2D eigenvalue weighted by Crippen LogP contribution is -2.29. The summed E-state index contributed by atoms with van der Waals surface area (Å²) in [5.74, 6) is 0.851. The first-order valence-electron chi connectivity index (χ1n) is 5.05. The number of rotatable bonds is 1. The van der Waals surface area contributed by atoms with E-state index in [1.54, 1.807) is 4.68 Å². The van der Waals surface area contributed by atoms with Crippen LogP contribution < -0.4 is 5.73 Å². The molecule has 1 aromatic rings. The topological polar surface area (TPSA) is 76.9 Å². The van der Waals surface area contributed by atoms with Gasteiger partial charge in [0.25, 0.3) is 0 Å². The summed E-state index contributed by atoms with van der Waals surface area (Å²) in [5.41, 5.74) is 6.30. The number of hydrogen-bond donors (Lipinski definition) is 1. The number of hydrogen-bond acceptors (Lipinski definition) is 4. The van der Waals surface area contributed by atoms with Crippen molar-refractivity contribution in [2.24, 2.45) is 5.92 Å². The van der Waals surface area contributed by atoms with Crippen LogP contribution in [-0.4, -0.2) is 23.0 Å². The molecule has 1 aliphatic rings. The average molecular weight is 206 g/mol. The second-order valence-electron chi connectivity index (χ2n) is 3.91. The maximum absolute atomic E-state index is 8.79. The van der Waals surface area contributed by atoms with Crippen molar-refractivity contribution in [2.45, 2.75) is 19.4 Å². The Morgan fingerprint density at radius 2 is 2.53 bits per heavy atom. The molecule has 0 aliphatic carbocycles. The van der Waals surface area contributed by atoms with Crippen LogP contribution in [0.1, 0.15) is 24.9 Å². The SMILES string of the molecule is CC1COCCC1n1ncc(C#N)c1N. The van der Waals surface area contributed by atoms with Crippen molar-refractivity contribution >= 4 is 5.82 Å². The number of aromatic nitrogens is 2. The molecule has 2 heterocycles. The summed E-state index contributed by atoms with van der Waals surface area (Å²) in [7, 11) is 0. The van der Waals surface area contributed by atoms with Crippen LogP contribution in [0.2, 0.25) is 0 Å². The van der Waals surface area contributed by atoms with E-state index in [9.17, 15) is 0 Å². The third kappa shape index (κ3) is 1.68. The third-order valence-corrected chi connectivity index (χ3v) is 2.86. The van der Waals surface area contributed by atoms with Crippen LogP contribution in [-0.2, 0) is 4.74 Å². The van der Waals surface area contributed by atoms with Gasteiger partial charge in [-0.2, -0.15) is 10.4 Å². The third-order valence-electron chi connectivity index (χ3n) is 2.86. The molecule has 2 unspecified atom stereocenters. The summed E-state index contributed by atoms with van der Waals surface area (Å²) >= 11 is 0. The molecule has 2 rings (SSSR count). The lowest BCUT2D eigenvalue weighted by Gasteiger charge is -2.29. The van der Waals surface area contributed by atoms with Gasteiger partial charge in [-0.3, -0.25) is 0 Å². The van der Waals surface area contributed by atoms with E-state index in [-0.39, 0.29) is 6.04 Å². The molecule has 1 aromatic heterocycles. The van der Waals surface area contributed by atoms with E-state index in [4.69, 9.17) is 15.7 Å². The zero-order valence-electron chi connectivity index (χ0n) is 8.68. The van der Waals surface area contributed by atoms with Crippen LogP contribution in [0.4, 0.5) is 5.82 Å². The smallest absolute Gasteiger partial charge is 0.140 e. The monoisotopic (exact) mass is 206 g/mol. The molecule has 5 nitrogen and oxygen atoms in total. The Kier molecular flexibility index (Phi) is 2.60. The van der Waals surface area contributed by atoms with E-state index in [2.05, 4.69) is 12.0 Å². The lowest BCUT2D eigenvalue weighted by molar-refractivity contribution is 0.0257. The van der Waals surface area contributed by atoms with E-state index >= 15 is 0 Å². The molecule has 1 fully saturated rings. The Balaban J connectivity index is 2.28. The second kappa shape index (κ2) is 3.91. The molecule has 5 heteroatoms. The highest BCUT2D eigenvalue weighted by molar-refractivity contribution is 5.47. The Morgan fingerprint density at radius 3 is 3.13 bits per heavy atom. The van der Waals surface area contributed by atoms with Crippen molar-refractivity contribution < 1.29 is 4.74 Å². The van der Waals surface area contributed by atoms with Crippen LogP contribution >= 0.6 is 0 Å². The van der Waals surface area contributed by atoms with Gasteiger partial charge in [-0.05, 0) is 6.42 Å². The minimum atomic E-state index is 0.251. The normalized spacial score (nSPS) is 26.1. The average Bonchev–Trinajstić information content (AvgIpc) is 2.60. The molecule has 15 heavy (non-hydrogen) atoms. The van der Waals surface area contributed by atoms with E-state index in [1.807, 2.05) is 6.07 Å². The van der Waals surface area contributed by atoms with Gasteiger partial charge >= 0.3 is 0 Å². The largest absolute Gasteiger partial charge is 0.383 e. The summed E-state index contributed by atoms with van der Waals surface area (Å²) in [5, 5.41) is 13.0. The predicted molar refractivity (Wildman–Crippen MR) is 55.0 cm³/mol. The molecule has 1 saturated heterocycles. The predicted octanol–water partition coefficient (Wildman–Crippen LogP) is 0.934. The summed E-state index contributed by atoms with van der Waals surface area (Å²) in [6.45, 7) is 3.57. The molecule has 2 atom stereocenters. The lowest BCUT2D eigenvalue weighted by atomic mass is 9.98. The quantitative estimate of drug-likeness (QED) is 0.741. The van der Waals surface area contributed by atoms with Gasteiger partial charge < -0.3 is 10.5 Å². The Morgan fingerprint density at radius 1 is 1.73 bits per heavy atom. The van der Waals surface area contributed by atoms with Crippen molar-refractivity contribution in [3.63, 3.8) is 0 Å². The van der Waals surface area contributed by atoms with Crippen molar-refractivity contribution in [1.29, 1.82) is 5.26 Å². The minimum Gasteiger partial charge on any atom is -0.383 e. The molecular formula is C10H14N4O. The Labute approximate surface area is 88.4 Å². The van der Waals surface area contributed by atoms with E-state index in [1.165, 1.54) is 6.20 Å². The molecule has 80 valence electrons. The van der Waals surface area contributed by atoms with E-state index in [0.717, 1.165) is 19.6 Å². The molecule has 0 bridgehead atoms. The van der Waals surface area contributed by atoms with Gasteiger partial charge in [-0.25, -0.2) is 4.68 Å². The number of nitrogen functional groups attached to an aromatic ring is 1. The zero-order valence-corrected chi connectivity index (χ0v) is 8.68. The molecule has 0 spiro atoms. The van der Waals surface area contributed by atoms with Crippen molar-refractivity contribution in [3.8, 4) is 6.07 Å². The first kappa shape index (κ1) is 9.99. The number of nitrogens with zero attached hydrogens (tertiary/aromatic N) is 3. The Bertz CT molecular complexity index is 393. The first-order valence-corrected chi connectivity index (χ1v) is 5.05. The van der Waals surface area contributed by atoms with Gasteiger partial charge in [0.15, 0.2) is 0 Å². The molecule has 0 aromatic carbocycles. The molecule has 0 saturated carbocycles. The maximum Gasteiger partial charge on any atom is 0.140 e. The van der Waals surface area contributed by atoms with Gasteiger partial charge in [0.2, 0.25) is 0 Å². The number of nitriles is 1. The van der Waals surface area contributed by atoms with E-state index < -0.39 is 0 Å². The molecule has 2 N–H and O–H groups in total. The summed E-state index contributed by atoms with van der Waals surface area (Å²) in [6, 6.07) is 2.28. The van der Waals surface area contributed by atoms with Gasteiger partial charge in [-0.15, -0.1) is 0 Å². The summed E-state index contributed by atoms with van der Waals surface area (Å²) < 4.78 is 7.12. The minimum absolute atomic E-state index is 0.251. The van der Waals surface area contributed by atoms with Crippen LogP contribution in [0, 0.1) is 17.2 Å². The molecule has 0 amide bonds. The van der Waals surface area contributed by atoms with Gasteiger partial charge in [-0.1, -0.05) is 6.92 Å². The van der Waals surface area contributed by atoms with Crippen molar-refractivity contribution in [2.75, 3.05) is 18.9 Å². The second-order valence-corrected chi connectivity index (χ2v) is 3.91. The van der Waals surface area contributed by atoms with Gasteiger partial charge in [0.05, 0.1) is 18.8 Å². The van der Waals surface area contributed by atoms with Crippen LogP contribution in [0.3, 0.4) is 0 Å². The fourth-order valence-electron chi connectivity index (χ4n) is 1.95. The summed E-state index contributed by atoms with van der Waals surface area (Å²) in [6.07, 6.45) is 2.43. The highest BCUT2D eigenvalue weighted by atomic mass is 16.5. The fraction of sp³-hybridized carbons (Fsp3) is 0.600. The van der Waals surface area contributed by atoms with Crippen LogP contribution in [0.5, 0.6) is 0 Å². The van der Waals surface area contributed by atoms with Crippen molar-refractivity contribution in [3.05, 3.63) is 11.8 Å². The summed E-state index contributed by atoms with van der Waals surface area (Å²) in [4.78, 5) is 0. The number of ether oxygens (including phenoxy) is 1. The Hall–Kier alpha value is -1.54. The molecule has 1 aliphatic heterocycles. The number of anilines is 1. The number of nitrogens with two attached hydrogens (primary N) is 1. The molecule has 0 radical (unpaired) electrons. The molecular weight excluding hydrogens is 192 g/mol. The van der Waals surface area contributed by atoms with Crippen molar-refractivity contribution in [1.82, 2.24) is 9.78 Å². The van der Waals surface area contributed by atoms with Gasteiger partial charge in [0, 0.05) is 12.5 Å². The van der Waals surface area contributed by atoms with Crippen LogP contribution in [0.15, 0.2) is 6.20 Å². The highest BCUT2D eigenvalue weighted by Crippen LogP contribution is 2.28. The standard InChI is InChI=1S/C10H14N4O/c1-7-6-15-3-2-9(7)14-10(12)8(4-11)5-13-14/h5,7,9H,2-3,6,12H2,1H3. The fourth-order valence-corrected chi connectivity index (χ4v) is 1.95. The maximum atomic E-state index is 8.79. The first-order chi connectivity index (χ1) is 7.24.